The topological polar surface area (TPSA) is 96.8 Å². The zero-order valence-corrected chi connectivity index (χ0v) is 13.9. The molecule has 7 nitrogen and oxygen atoms in total. The summed E-state index contributed by atoms with van der Waals surface area (Å²) in [6, 6.07) is 0.964. The SMILES string of the molecule is CCOC(=O)c1cn[nH]c1C(C=NO)OCC[Si](C)(C)C. The Hall–Kier alpha value is -1.67. The van der Waals surface area contributed by atoms with Crippen LogP contribution >= 0.6 is 0 Å². The Balaban J connectivity index is 2.81. The summed E-state index contributed by atoms with van der Waals surface area (Å²) in [6.45, 7) is 9.25. The van der Waals surface area contributed by atoms with Gasteiger partial charge in [0, 0.05) is 14.7 Å². The number of nitrogens with zero attached hydrogens (tertiary/aromatic N) is 2. The molecule has 0 aliphatic heterocycles. The molecule has 0 radical (unpaired) electrons. The van der Waals surface area contributed by atoms with Crippen molar-refractivity contribution in [3.63, 3.8) is 0 Å². The number of oxime groups is 1. The van der Waals surface area contributed by atoms with Gasteiger partial charge in [-0.25, -0.2) is 4.79 Å². The lowest BCUT2D eigenvalue weighted by Crippen LogP contribution is -2.23. The molecule has 2 N–H and O–H groups in total. The summed E-state index contributed by atoms with van der Waals surface area (Å²) in [5, 5.41) is 18.3. The molecule has 0 aliphatic rings. The lowest BCUT2D eigenvalue weighted by molar-refractivity contribution is 0.0515. The molecule has 0 fully saturated rings. The molecule has 8 heteroatoms. The smallest absolute Gasteiger partial charge is 0.341 e. The molecule has 1 aromatic heterocycles. The van der Waals surface area contributed by atoms with Crippen molar-refractivity contribution in [1.29, 1.82) is 0 Å². The van der Waals surface area contributed by atoms with E-state index in [1.165, 1.54) is 12.4 Å². The second-order valence-corrected chi connectivity index (χ2v) is 11.4. The largest absolute Gasteiger partial charge is 0.462 e. The van der Waals surface area contributed by atoms with Crippen LogP contribution < -0.4 is 0 Å². The standard InChI is InChI=1S/C13H23N3O4Si/c1-5-19-13(17)10-8-14-16-12(10)11(9-15-18)20-6-7-21(2,3)4/h8-9,11,18H,5-7H2,1-4H3,(H,14,16). The van der Waals surface area contributed by atoms with Gasteiger partial charge in [-0.1, -0.05) is 24.8 Å². The first-order valence-electron chi connectivity index (χ1n) is 6.88. The third kappa shape index (κ3) is 5.68. The minimum atomic E-state index is -1.23. The third-order valence-corrected chi connectivity index (χ3v) is 4.50. The Kier molecular flexibility index (Phi) is 6.57. The van der Waals surface area contributed by atoms with Gasteiger partial charge < -0.3 is 14.7 Å². The summed E-state index contributed by atoms with van der Waals surface area (Å²) >= 11 is 0. The Morgan fingerprint density at radius 1 is 1.57 bits per heavy atom. The van der Waals surface area contributed by atoms with Crippen molar-refractivity contribution in [1.82, 2.24) is 10.2 Å². The number of H-pyrrole nitrogens is 1. The lowest BCUT2D eigenvalue weighted by Gasteiger charge is -2.18. The Morgan fingerprint density at radius 2 is 2.29 bits per heavy atom. The zero-order valence-electron chi connectivity index (χ0n) is 12.9. The molecule has 1 unspecified atom stereocenters. The molecule has 0 bridgehead atoms. The molecule has 0 spiro atoms. The maximum absolute atomic E-state index is 11.8. The number of carbonyl (C=O) groups excluding carboxylic acids is 1. The number of nitrogens with one attached hydrogen (secondary N) is 1. The van der Waals surface area contributed by atoms with Crippen LogP contribution in [0.2, 0.25) is 25.7 Å². The molecule has 0 aliphatic carbocycles. The van der Waals surface area contributed by atoms with Crippen molar-refractivity contribution in [2.75, 3.05) is 13.2 Å². The quantitative estimate of drug-likeness (QED) is 0.253. The number of esters is 1. The number of aromatic amines is 1. The third-order valence-electron chi connectivity index (χ3n) is 2.80. The van der Waals surface area contributed by atoms with Crippen molar-refractivity contribution in [2.45, 2.75) is 38.7 Å². The van der Waals surface area contributed by atoms with E-state index in [0.29, 0.717) is 12.3 Å². The first-order valence-corrected chi connectivity index (χ1v) is 10.6. The fraction of sp³-hybridized carbons (Fsp3) is 0.615. The molecule has 1 rings (SSSR count). The first-order chi connectivity index (χ1) is 9.89. The number of hydrogen-bond acceptors (Lipinski definition) is 6. The highest BCUT2D eigenvalue weighted by atomic mass is 28.3. The van der Waals surface area contributed by atoms with Crippen LogP contribution in [0.3, 0.4) is 0 Å². The van der Waals surface area contributed by atoms with Crippen LogP contribution in [0.15, 0.2) is 11.4 Å². The van der Waals surface area contributed by atoms with E-state index in [9.17, 15) is 4.79 Å². The first kappa shape index (κ1) is 17.4. The monoisotopic (exact) mass is 313 g/mol. The predicted octanol–water partition coefficient (Wildman–Crippen LogP) is 2.44. The van der Waals surface area contributed by atoms with Crippen LogP contribution in [0.5, 0.6) is 0 Å². The van der Waals surface area contributed by atoms with Crippen LogP contribution in [-0.2, 0) is 9.47 Å². The van der Waals surface area contributed by atoms with E-state index < -0.39 is 20.1 Å². The van der Waals surface area contributed by atoms with Gasteiger partial charge in [-0.3, -0.25) is 5.10 Å². The number of ether oxygens (including phenoxy) is 2. The second-order valence-electron chi connectivity index (χ2n) is 5.78. The summed E-state index contributed by atoms with van der Waals surface area (Å²) in [7, 11) is -1.23. The maximum Gasteiger partial charge on any atom is 0.341 e. The molecule has 1 aromatic rings. The van der Waals surface area contributed by atoms with E-state index in [2.05, 4.69) is 35.0 Å². The summed E-state index contributed by atoms with van der Waals surface area (Å²) in [4.78, 5) is 11.8. The van der Waals surface area contributed by atoms with Crippen LogP contribution in [-0.4, -0.2) is 48.9 Å². The van der Waals surface area contributed by atoms with Gasteiger partial charge in [-0.15, -0.1) is 0 Å². The predicted molar refractivity (Wildman–Crippen MR) is 81.7 cm³/mol. The highest BCUT2D eigenvalue weighted by Crippen LogP contribution is 2.20. The molecule has 1 atom stereocenters. The molecule has 1 heterocycles. The molecular weight excluding hydrogens is 290 g/mol. The van der Waals surface area contributed by atoms with E-state index in [1.807, 2.05) is 0 Å². The summed E-state index contributed by atoms with van der Waals surface area (Å²) in [5.41, 5.74) is 0.719. The van der Waals surface area contributed by atoms with E-state index >= 15 is 0 Å². The van der Waals surface area contributed by atoms with Crippen LogP contribution in [0.25, 0.3) is 0 Å². The van der Waals surface area contributed by atoms with Crippen LogP contribution in [0.4, 0.5) is 0 Å². The zero-order chi connectivity index (χ0) is 15.9. The lowest BCUT2D eigenvalue weighted by atomic mass is 10.1. The number of carbonyl (C=O) groups is 1. The average molecular weight is 313 g/mol. The Labute approximate surface area is 125 Å². The van der Waals surface area contributed by atoms with Crippen molar-refractivity contribution in [3.05, 3.63) is 17.5 Å². The average Bonchev–Trinajstić information content (AvgIpc) is 2.85. The molecule has 118 valence electrons. The van der Waals surface area contributed by atoms with E-state index in [0.717, 1.165) is 6.04 Å². The number of aromatic nitrogens is 2. The highest BCUT2D eigenvalue weighted by molar-refractivity contribution is 6.76. The Morgan fingerprint density at radius 3 is 2.86 bits per heavy atom. The minimum absolute atomic E-state index is 0.276. The maximum atomic E-state index is 11.8. The van der Waals surface area contributed by atoms with Crippen molar-refractivity contribution < 1.29 is 19.5 Å². The molecule has 0 saturated carbocycles. The fourth-order valence-electron chi connectivity index (χ4n) is 1.64. The van der Waals surface area contributed by atoms with Crippen molar-refractivity contribution >= 4 is 20.3 Å². The van der Waals surface area contributed by atoms with Gasteiger partial charge >= 0.3 is 5.97 Å². The van der Waals surface area contributed by atoms with E-state index in [4.69, 9.17) is 14.7 Å². The fourth-order valence-corrected chi connectivity index (χ4v) is 2.37. The van der Waals surface area contributed by atoms with Gasteiger partial charge in [0.15, 0.2) is 0 Å². The Bertz CT molecular complexity index is 482. The molecule has 21 heavy (non-hydrogen) atoms. The second kappa shape index (κ2) is 7.94. The van der Waals surface area contributed by atoms with Crippen LogP contribution in [0, 0.1) is 0 Å². The van der Waals surface area contributed by atoms with Crippen molar-refractivity contribution in [3.8, 4) is 0 Å². The van der Waals surface area contributed by atoms with E-state index in [1.54, 1.807) is 6.92 Å². The summed E-state index contributed by atoms with van der Waals surface area (Å²) in [6.07, 6.45) is 1.95. The van der Waals surface area contributed by atoms with Gasteiger partial charge in [0.05, 0.1) is 24.7 Å². The molecule has 0 amide bonds. The molecule has 0 saturated heterocycles. The van der Waals surface area contributed by atoms with Gasteiger partial charge in [0.25, 0.3) is 0 Å². The van der Waals surface area contributed by atoms with Gasteiger partial charge in [0.1, 0.15) is 11.7 Å². The minimum Gasteiger partial charge on any atom is -0.462 e. The van der Waals surface area contributed by atoms with Crippen LogP contribution in [0.1, 0.15) is 29.1 Å². The van der Waals surface area contributed by atoms with E-state index in [-0.39, 0.29) is 12.2 Å². The van der Waals surface area contributed by atoms with Crippen molar-refractivity contribution in [2.24, 2.45) is 5.16 Å². The highest BCUT2D eigenvalue weighted by Gasteiger charge is 2.23. The normalized spacial score (nSPS) is 13.5. The van der Waals surface area contributed by atoms with Gasteiger partial charge in [0.2, 0.25) is 0 Å². The van der Waals surface area contributed by atoms with Gasteiger partial charge in [-0.2, -0.15) is 5.10 Å². The molecule has 0 aromatic carbocycles. The summed E-state index contributed by atoms with van der Waals surface area (Å²) < 4.78 is 10.7. The van der Waals surface area contributed by atoms with Gasteiger partial charge in [-0.05, 0) is 13.0 Å². The summed E-state index contributed by atoms with van der Waals surface area (Å²) in [5.74, 6) is -0.480. The molecular formula is C13H23N3O4Si. The number of hydrogen-bond donors (Lipinski definition) is 2. The number of rotatable bonds is 8.